The van der Waals surface area contributed by atoms with Crippen LogP contribution in [-0.4, -0.2) is 36.1 Å². The minimum absolute atomic E-state index is 0.000626. The summed E-state index contributed by atoms with van der Waals surface area (Å²) in [6.45, 7) is 0.124. The van der Waals surface area contributed by atoms with Gasteiger partial charge in [-0.15, -0.1) is 5.10 Å². The third-order valence-corrected chi connectivity index (χ3v) is 5.65. The Morgan fingerprint density at radius 3 is 2.42 bits per heavy atom. The Morgan fingerprint density at radius 2 is 1.79 bits per heavy atom. The molecule has 0 amide bonds. The van der Waals surface area contributed by atoms with Crippen LogP contribution in [-0.2, 0) is 23.6 Å². The van der Waals surface area contributed by atoms with Crippen LogP contribution in [0.1, 0.15) is 5.56 Å². The normalized spacial score (nSPS) is 11.7. The number of pyridine rings is 1. The molecule has 8 nitrogen and oxygen atoms in total. The van der Waals surface area contributed by atoms with Gasteiger partial charge in [0.1, 0.15) is 5.82 Å². The molecular formula is C22H20F2N4O4S. The van der Waals surface area contributed by atoms with Crippen molar-refractivity contribution < 1.29 is 21.9 Å². The molecule has 2 aromatic carbocycles. The van der Waals surface area contributed by atoms with Crippen LogP contribution in [0.2, 0.25) is 0 Å². The van der Waals surface area contributed by atoms with Crippen molar-refractivity contribution in [3.63, 3.8) is 0 Å². The van der Waals surface area contributed by atoms with E-state index in [1.807, 2.05) is 0 Å². The second-order valence-electron chi connectivity index (χ2n) is 7.58. The van der Waals surface area contributed by atoms with E-state index in [1.165, 1.54) is 40.6 Å². The van der Waals surface area contributed by atoms with Crippen LogP contribution in [0.3, 0.4) is 0 Å². The highest BCUT2D eigenvalue weighted by Gasteiger charge is 2.20. The molecule has 33 heavy (non-hydrogen) atoms. The molecule has 172 valence electrons. The van der Waals surface area contributed by atoms with Crippen LogP contribution < -0.4 is 15.0 Å². The number of fused-ring (bicyclic) bond motifs is 1. The topological polar surface area (TPSA) is 95.2 Å². The van der Waals surface area contributed by atoms with E-state index in [0.717, 1.165) is 6.26 Å². The zero-order chi connectivity index (χ0) is 23.9. The van der Waals surface area contributed by atoms with Gasteiger partial charge in [-0.05, 0) is 41.5 Å². The van der Waals surface area contributed by atoms with E-state index in [9.17, 15) is 22.0 Å². The number of ether oxygens (including phenoxy) is 1. The third-order valence-electron chi connectivity index (χ3n) is 5.06. The molecule has 0 saturated carbocycles. The summed E-state index contributed by atoms with van der Waals surface area (Å²) in [6.07, 6.45) is 2.52. The van der Waals surface area contributed by atoms with E-state index in [2.05, 4.69) is 9.82 Å². The Hall–Kier alpha value is -3.73. The number of hydrogen-bond donors (Lipinski definition) is 1. The van der Waals surface area contributed by atoms with Crippen molar-refractivity contribution in [1.82, 2.24) is 14.3 Å². The van der Waals surface area contributed by atoms with Gasteiger partial charge in [-0.25, -0.2) is 12.8 Å². The number of benzene rings is 2. The first-order valence-corrected chi connectivity index (χ1v) is 11.6. The highest BCUT2D eigenvalue weighted by molar-refractivity contribution is 7.92. The Labute approximate surface area is 188 Å². The number of halogens is 2. The molecular weight excluding hydrogens is 454 g/mol. The summed E-state index contributed by atoms with van der Waals surface area (Å²) >= 11 is 0. The zero-order valence-corrected chi connectivity index (χ0v) is 18.8. The Balaban J connectivity index is 1.96. The number of nitrogens with one attached hydrogen (secondary N) is 1. The summed E-state index contributed by atoms with van der Waals surface area (Å²) < 4.78 is 62.3. The molecule has 4 rings (SSSR count). The number of nitrogens with zero attached hydrogens (tertiary/aromatic N) is 3. The summed E-state index contributed by atoms with van der Waals surface area (Å²) in [5, 5.41) is 3.93. The average Bonchev–Trinajstić information content (AvgIpc) is 3.06. The van der Waals surface area contributed by atoms with Gasteiger partial charge in [0.05, 0.1) is 36.5 Å². The van der Waals surface area contributed by atoms with Crippen LogP contribution in [0.15, 0.2) is 53.5 Å². The number of rotatable bonds is 6. The minimum atomic E-state index is -3.74. The van der Waals surface area contributed by atoms with Crippen molar-refractivity contribution >= 4 is 26.6 Å². The Bertz CT molecular complexity index is 1530. The number of aryl methyl sites for hydroxylation is 1. The van der Waals surface area contributed by atoms with Crippen LogP contribution in [0.25, 0.3) is 22.0 Å². The molecule has 0 unspecified atom stereocenters. The Kier molecular flexibility index (Phi) is 5.66. The summed E-state index contributed by atoms with van der Waals surface area (Å²) in [4.78, 5) is 12.2. The van der Waals surface area contributed by atoms with E-state index in [1.54, 1.807) is 31.4 Å². The second kappa shape index (κ2) is 8.32. The minimum Gasteiger partial charge on any atom is -0.491 e. The number of methoxy groups -OCH3 is 1. The number of hydrogen-bond acceptors (Lipinski definition) is 5. The van der Waals surface area contributed by atoms with Gasteiger partial charge in [0.15, 0.2) is 5.75 Å². The van der Waals surface area contributed by atoms with Crippen molar-refractivity contribution in [1.29, 1.82) is 0 Å². The lowest BCUT2D eigenvalue weighted by Crippen LogP contribution is -2.17. The van der Waals surface area contributed by atoms with Gasteiger partial charge in [0, 0.05) is 18.8 Å². The molecule has 0 spiro atoms. The highest BCUT2D eigenvalue weighted by Crippen LogP contribution is 2.34. The van der Waals surface area contributed by atoms with E-state index < -0.39 is 21.8 Å². The first kappa shape index (κ1) is 22.5. The van der Waals surface area contributed by atoms with Crippen LogP contribution in [0.4, 0.5) is 14.5 Å². The fraction of sp³-hybridized carbons (Fsp3) is 0.182. The van der Waals surface area contributed by atoms with E-state index >= 15 is 0 Å². The molecule has 2 heterocycles. The first-order chi connectivity index (χ1) is 15.6. The highest BCUT2D eigenvalue weighted by atomic mass is 32.2. The fourth-order valence-corrected chi connectivity index (χ4v) is 4.13. The fourth-order valence-electron chi connectivity index (χ4n) is 3.57. The van der Waals surface area contributed by atoms with Gasteiger partial charge in [-0.2, -0.15) is 4.39 Å². The predicted molar refractivity (Wildman–Crippen MR) is 121 cm³/mol. The SMILES string of the molecule is COc1cc(-c2cc(NS(C)(=O)=O)c3c(F)nn(Cc4ccc(F)cc4)c3c2)cn(C)c1=O. The first-order valence-electron chi connectivity index (χ1n) is 9.73. The van der Waals surface area contributed by atoms with Gasteiger partial charge in [0.25, 0.3) is 5.56 Å². The molecule has 0 aliphatic rings. The third kappa shape index (κ3) is 4.58. The van der Waals surface area contributed by atoms with E-state index in [-0.39, 0.29) is 28.9 Å². The Morgan fingerprint density at radius 1 is 1.09 bits per heavy atom. The van der Waals surface area contributed by atoms with Crippen molar-refractivity contribution in [2.24, 2.45) is 7.05 Å². The lowest BCUT2D eigenvalue weighted by Gasteiger charge is -2.12. The van der Waals surface area contributed by atoms with Crippen molar-refractivity contribution in [3.05, 3.63) is 76.3 Å². The number of aromatic nitrogens is 3. The van der Waals surface area contributed by atoms with E-state index in [0.29, 0.717) is 22.2 Å². The molecule has 0 radical (unpaired) electrons. The zero-order valence-electron chi connectivity index (χ0n) is 18.0. The standard InChI is InChI=1S/C22H20F2N4O4S/c1-27-12-15(10-19(32-2)22(27)29)14-8-17(26-33(3,30)31)20-18(9-14)28(25-21(20)24)11-13-4-6-16(23)7-5-13/h4-10,12,26H,11H2,1-3H3. The van der Waals surface area contributed by atoms with Gasteiger partial charge in [-0.3, -0.25) is 14.2 Å². The molecule has 0 aliphatic heterocycles. The number of anilines is 1. The maximum Gasteiger partial charge on any atom is 0.292 e. The van der Waals surface area contributed by atoms with Gasteiger partial charge >= 0.3 is 0 Å². The summed E-state index contributed by atoms with van der Waals surface area (Å²) in [7, 11) is -0.817. The molecule has 0 aliphatic carbocycles. The van der Waals surface area contributed by atoms with Crippen molar-refractivity contribution in [2.75, 3.05) is 18.1 Å². The van der Waals surface area contributed by atoms with Gasteiger partial charge in [-0.1, -0.05) is 12.1 Å². The quantitative estimate of drug-likeness (QED) is 0.463. The summed E-state index contributed by atoms with van der Waals surface area (Å²) in [6, 6.07) is 10.3. The lowest BCUT2D eigenvalue weighted by atomic mass is 10.0. The monoisotopic (exact) mass is 474 g/mol. The second-order valence-corrected chi connectivity index (χ2v) is 9.33. The molecule has 2 aromatic heterocycles. The maximum atomic E-state index is 14.9. The van der Waals surface area contributed by atoms with Crippen LogP contribution >= 0.6 is 0 Å². The van der Waals surface area contributed by atoms with Gasteiger partial charge < -0.3 is 9.30 Å². The van der Waals surface area contributed by atoms with Crippen LogP contribution in [0, 0.1) is 11.8 Å². The van der Waals surface area contributed by atoms with E-state index in [4.69, 9.17) is 4.74 Å². The molecule has 11 heteroatoms. The van der Waals surface area contributed by atoms with Crippen molar-refractivity contribution in [2.45, 2.75) is 6.54 Å². The van der Waals surface area contributed by atoms with Gasteiger partial charge in [0.2, 0.25) is 16.0 Å². The predicted octanol–water partition coefficient (Wildman–Crippen LogP) is 3.11. The number of sulfonamides is 1. The molecule has 0 saturated heterocycles. The largest absolute Gasteiger partial charge is 0.491 e. The lowest BCUT2D eigenvalue weighted by molar-refractivity contribution is 0.405. The average molecular weight is 474 g/mol. The molecule has 4 aromatic rings. The molecule has 0 bridgehead atoms. The molecule has 0 fully saturated rings. The summed E-state index contributed by atoms with van der Waals surface area (Å²) in [5.41, 5.74) is 1.69. The summed E-state index contributed by atoms with van der Waals surface area (Å²) in [5.74, 6) is -1.16. The smallest absolute Gasteiger partial charge is 0.292 e. The molecule has 0 atom stereocenters. The van der Waals surface area contributed by atoms with Crippen molar-refractivity contribution in [3.8, 4) is 16.9 Å². The molecule has 1 N–H and O–H groups in total. The van der Waals surface area contributed by atoms with Crippen LogP contribution in [0.5, 0.6) is 5.75 Å². The maximum absolute atomic E-state index is 14.9.